The maximum absolute atomic E-state index is 12.5. The number of aromatic amines is 1. The Kier molecular flexibility index (Phi) is 5.74. The van der Waals surface area contributed by atoms with Crippen molar-refractivity contribution in [2.24, 2.45) is 0 Å². The summed E-state index contributed by atoms with van der Waals surface area (Å²) in [5.41, 5.74) is 2.90. The minimum absolute atomic E-state index is 0.00642. The Morgan fingerprint density at radius 2 is 1.79 bits per heavy atom. The van der Waals surface area contributed by atoms with Gasteiger partial charge in [0.15, 0.2) is 0 Å². The molecule has 0 saturated heterocycles. The zero-order chi connectivity index (χ0) is 20.1. The molecule has 3 rings (SSSR count). The lowest BCUT2D eigenvalue weighted by Crippen LogP contribution is -2.36. The summed E-state index contributed by atoms with van der Waals surface area (Å²) in [6.45, 7) is 0.297. The van der Waals surface area contributed by atoms with Crippen LogP contribution in [0, 0.1) is 0 Å². The molecule has 0 spiro atoms. The van der Waals surface area contributed by atoms with E-state index in [0.717, 1.165) is 16.5 Å². The molecule has 0 fully saturated rings. The van der Waals surface area contributed by atoms with Gasteiger partial charge in [0.1, 0.15) is 0 Å². The minimum atomic E-state index is -0.763. The molecule has 7 heteroatoms. The summed E-state index contributed by atoms with van der Waals surface area (Å²) in [7, 11) is 2.88. The van der Waals surface area contributed by atoms with Gasteiger partial charge in [0.05, 0.1) is 13.5 Å². The van der Waals surface area contributed by atoms with Crippen molar-refractivity contribution in [1.29, 1.82) is 0 Å². The monoisotopic (exact) mass is 379 g/mol. The highest BCUT2D eigenvalue weighted by atomic mass is 16.5. The van der Waals surface area contributed by atoms with E-state index < -0.39 is 17.8 Å². The standard InChI is InChI=1S/C21H21N3O4/c1-24(13-15-7-5-9-18-16(15)10-11-22-18)21(27)20(26)23-17-8-4-3-6-14(17)12-19(25)28-2/h3-11,22H,12-13H2,1-2H3,(H,23,26). The van der Waals surface area contributed by atoms with Crippen molar-refractivity contribution >= 4 is 34.4 Å². The molecule has 2 amide bonds. The SMILES string of the molecule is COC(=O)Cc1ccccc1NC(=O)C(=O)N(C)Cc1cccc2[nH]ccc12. The number of methoxy groups -OCH3 is 1. The second kappa shape index (κ2) is 8.39. The first-order valence-electron chi connectivity index (χ1n) is 8.75. The third-order valence-electron chi connectivity index (χ3n) is 4.46. The van der Waals surface area contributed by atoms with E-state index >= 15 is 0 Å². The molecule has 0 bridgehead atoms. The van der Waals surface area contributed by atoms with Crippen LogP contribution < -0.4 is 5.32 Å². The van der Waals surface area contributed by atoms with Crippen LogP contribution in [0.3, 0.4) is 0 Å². The number of likely N-dealkylation sites (N-methyl/N-ethyl adjacent to an activating group) is 1. The number of fused-ring (bicyclic) bond motifs is 1. The molecular formula is C21H21N3O4. The van der Waals surface area contributed by atoms with Crippen LogP contribution in [0.5, 0.6) is 0 Å². The second-order valence-electron chi connectivity index (χ2n) is 6.38. The second-order valence-corrected chi connectivity index (χ2v) is 6.38. The van der Waals surface area contributed by atoms with Gasteiger partial charge in [0.25, 0.3) is 0 Å². The summed E-state index contributed by atoms with van der Waals surface area (Å²) >= 11 is 0. The number of aromatic nitrogens is 1. The molecule has 0 aliphatic rings. The van der Waals surface area contributed by atoms with Crippen molar-refractivity contribution in [2.45, 2.75) is 13.0 Å². The lowest BCUT2D eigenvalue weighted by molar-refractivity contribution is -0.142. The summed E-state index contributed by atoms with van der Waals surface area (Å²) in [6, 6.07) is 14.5. The Morgan fingerprint density at radius 1 is 1.04 bits per heavy atom. The number of benzene rings is 2. The highest BCUT2D eigenvalue weighted by Crippen LogP contribution is 2.19. The normalized spacial score (nSPS) is 10.5. The molecule has 0 saturated carbocycles. The molecule has 3 aromatic rings. The molecule has 2 aromatic carbocycles. The Bertz CT molecular complexity index is 1030. The number of hydrogen-bond acceptors (Lipinski definition) is 4. The average Bonchev–Trinajstić information content (AvgIpc) is 3.18. The number of para-hydroxylation sites is 1. The first-order valence-corrected chi connectivity index (χ1v) is 8.75. The zero-order valence-electron chi connectivity index (χ0n) is 15.7. The minimum Gasteiger partial charge on any atom is -0.469 e. The summed E-state index contributed by atoms with van der Waals surface area (Å²) in [5.74, 6) is -1.86. The number of rotatable bonds is 5. The van der Waals surface area contributed by atoms with E-state index in [1.54, 1.807) is 31.3 Å². The molecule has 1 aromatic heterocycles. The van der Waals surface area contributed by atoms with Crippen LogP contribution in [-0.2, 0) is 32.1 Å². The molecule has 0 aliphatic carbocycles. The van der Waals surface area contributed by atoms with Crippen molar-refractivity contribution in [3.05, 3.63) is 65.9 Å². The van der Waals surface area contributed by atoms with E-state index in [9.17, 15) is 14.4 Å². The van der Waals surface area contributed by atoms with Gasteiger partial charge < -0.3 is 19.9 Å². The van der Waals surface area contributed by atoms with E-state index in [-0.39, 0.29) is 6.42 Å². The predicted octanol–water partition coefficient (Wildman–Crippen LogP) is 2.48. The molecular weight excluding hydrogens is 358 g/mol. The predicted molar refractivity (Wildman–Crippen MR) is 106 cm³/mol. The number of anilines is 1. The Hall–Kier alpha value is -3.61. The molecule has 28 heavy (non-hydrogen) atoms. The van der Waals surface area contributed by atoms with Crippen LogP contribution in [0.2, 0.25) is 0 Å². The molecule has 0 radical (unpaired) electrons. The van der Waals surface area contributed by atoms with E-state index in [2.05, 4.69) is 15.0 Å². The van der Waals surface area contributed by atoms with Gasteiger partial charge in [-0.15, -0.1) is 0 Å². The van der Waals surface area contributed by atoms with Gasteiger partial charge in [-0.25, -0.2) is 0 Å². The van der Waals surface area contributed by atoms with Crippen LogP contribution in [0.4, 0.5) is 5.69 Å². The molecule has 7 nitrogen and oxygen atoms in total. The lowest BCUT2D eigenvalue weighted by Gasteiger charge is -2.18. The van der Waals surface area contributed by atoms with Crippen molar-refractivity contribution in [3.63, 3.8) is 0 Å². The third-order valence-corrected chi connectivity index (χ3v) is 4.46. The Balaban J connectivity index is 1.70. The first-order chi connectivity index (χ1) is 13.5. The highest BCUT2D eigenvalue weighted by molar-refractivity contribution is 6.39. The molecule has 0 aliphatic heterocycles. The van der Waals surface area contributed by atoms with Crippen molar-refractivity contribution in [1.82, 2.24) is 9.88 Å². The largest absolute Gasteiger partial charge is 0.469 e. The lowest BCUT2D eigenvalue weighted by atomic mass is 10.1. The zero-order valence-corrected chi connectivity index (χ0v) is 15.7. The first kappa shape index (κ1) is 19.2. The Morgan fingerprint density at radius 3 is 2.57 bits per heavy atom. The smallest absolute Gasteiger partial charge is 0.313 e. The molecule has 0 unspecified atom stereocenters. The van der Waals surface area contributed by atoms with Crippen molar-refractivity contribution < 1.29 is 19.1 Å². The van der Waals surface area contributed by atoms with Crippen molar-refractivity contribution in [3.8, 4) is 0 Å². The van der Waals surface area contributed by atoms with Crippen LogP contribution in [0.1, 0.15) is 11.1 Å². The number of esters is 1. The van der Waals surface area contributed by atoms with E-state index in [0.29, 0.717) is 17.8 Å². The number of hydrogen-bond donors (Lipinski definition) is 2. The molecule has 2 N–H and O–H groups in total. The fourth-order valence-corrected chi connectivity index (χ4v) is 2.99. The fourth-order valence-electron chi connectivity index (χ4n) is 2.99. The van der Waals surface area contributed by atoms with Gasteiger partial charge >= 0.3 is 17.8 Å². The van der Waals surface area contributed by atoms with Gasteiger partial charge in [-0.05, 0) is 29.3 Å². The van der Waals surface area contributed by atoms with Gasteiger partial charge in [0.2, 0.25) is 0 Å². The van der Waals surface area contributed by atoms with Crippen molar-refractivity contribution in [2.75, 3.05) is 19.5 Å². The summed E-state index contributed by atoms with van der Waals surface area (Å²) in [5, 5.41) is 3.60. The van der Waals surface area contributed by atoms with Crippen LogP contribution in [0.25, 0.3) is 10.9 Å². The van der Waals surface area contributed by atoms with E-state index in [4.69, 9.17) is 0 Å². The summed E-state index contributed by atoms with van der Waals surface area (Å²) < 4.78 is 4.67. The fraction of sp³-hybridized carbons (Fsp3) is 0.190. The quantitative estimate of drug-likeness (QED) is 0.526. The number of amides is 2. The number of nitrogens with zero attached hydrogens (tertiary/aromatic N) is 1. The molecule has 0 atom stereocenters. The number of H-pyrrole nitrogens is 1. The molecule has 1 heterocycles. The number of ether oxygens (including phenoxy) is 1. The van der Waals surface area contributed by atoms with Gasteiger partial charge in [-0.1, -0.05) is 30.3 Å². The third kappa shape index (κ3) is 4.20. The number of nitrogens with one attached hydrogen (secondary N) is 2. The van der Waals surface area contributed by atoms with Gasteiger partial charge in [0, 0.05) is 36.4 Å². The van der Waals surface area contributed by atoms with E-state index in [1.165, 1.54) is 12.0 Å². The van der Waals surface area contributed by atoms with Crippen LogP contribution in [0.15, 0.2) is 54.7 Å². The number of carbonyl (C=O) groups is 3. The number of carbonyl (C=O) groups excluding carboxylic acids is 3. The average molecular weight is 379 g/mol. The van der Waals surface area contributed by atoms with E-state index in [1.807, 2.05) is 30.5 Å². The van der Waals surface area contributed by atoms with Crippen LogP contribution in [-0.4, -0.2) is 41.8 Å². The molecule has 144 valence electrons. The Labute approximate surface area is 162 Å². The highest BCUT2D eigenvalue weighted by Gasteiger charge is 2.21. The maximum atomic E-state index is 12.5. The topological polar surface area (TPSA) is 91.5 Å². The van der Waals surface area contributed by atoms with Gasteiger partial charge in [-0.3, -0.25) is 14.4 Å². The maximum Gasteiger partial charge on any atom is 0.313 e. The summed E-state index contributed by atoms with van der Waals surface area (Å²) in [4.78, 5) is 41.0. The van der Waals surface area contributed by atoms with Gasteiger partial charge in [-0.2, -0.15) is 0 Å². The summed E-state index contributed by atoms with van der Waals surface area (Å²) in [6.07, 6.45) is 1.84. The van der Waals surface area contributed by atoms with Crippen LogP contribution >= 0.6 is 0 Å².